The van der Waals surface area contributed by atoms with Gasteiger partial charge in [0.1, 0.15) is 11.6 Å². The van der Waals surface area contributed by atoms with Crippen molar-refractivity contribution in [2.45, 2.75) is 18.5 Å². The molecule has 0 fully saturated rings. The van der Waals surface area contributed by atoms with E-state index < -0.39 is 15.8 Å². The monoisotopic (exact) mass is 393 g/mol. The largest absolute Gasteiger partial charge is 0.497 e. The van der Waals surface area contributed by atoms with Crippen LogP contribution in [0.1, 0.15) is 11.3 Å². The summed E-state index contributed by atoms with van der Waals surface area (Å²) in [7, 11) is -2.45. The molecule has 136 valence electrons. The first-order chi connectivity index (χ1) is 12.4. The molecular weight excluding hydrogens is 377 g/mol. The highest BCUT2D eigenvalue weighted by Crippen LogP contribution is 2.26. The Balaban J connectivity index is 2.01. The van der Waals surface area contributed by atoms with Crippen molar-refractivity contribution in [1.82, 2.24) is 9.97 Å². The van der Waals surface area contributed by atoms with Crippen molar-refractivity contribution in [3.63, 3.8) is 0 Å². The first kappa shape index (κ1) is 18.3. The van der Waals surface area contributed by atoms with Crippen molar-refractivity contribution in [1.29, 1.82) is 0 Å². The average molecular weight is 393 g/mol. The number of hydrogen-bond donors (Lipinski definition) is 0. The molecule has 2 heterocycles. The van der Waals surface area contributed by atoms with Crippen LogP contribution < -0.4 is 9.04 Å². The standard InChI is InChI=1S/C17H16FN3O3S2/c1-12-15(18)7-8-17(20-12)26(22,23)21(16-10-25-11-19-16)9-13-3-5-14(24-2)6-4-13/h3-8,10-11H,9H2,1-2H3. The number of anilines is 1. The van der Waals surface area contributed by atoms with E-state index in [2.05, 4.69) is 9.97 Å². The zero-order valence-corrected chi connectivity index (χ0v) is 15.7. The van der Waals surface area contributed by atoms with E-state index in [1.807, 2.05) is 0 Å². The maximum absolute atomic E-state index is 13.5. The fourth-order valence-corrected chi connectivity index (χ4v) is 4.28. The van der Waals surface area contributed by atoms with Gasteiger partial charge in [0.05, 0.1) is 24.9 Å². The van der Waals surface area contributed by atoms with E-state index in [0.717, 1.165) is 22.0 Å². The van der Waals surface area contributed by atoms with Gasteiger partial charge >= 0.3 is 0 Å². The van der Waals surface area contributed by atoms with Crippen LogP contribution in [-0.4, -0.2) is 25.5 Å². The SMILES string of the molecule is COc1ccc(CN(c2cscn2)S(=O)(=O)c2ccc(F)c(C)n2)cc1. The van der Waals surface area contributed by atoms with E-state index in [1.165, 1.54) is 18.3 Å². The Labute approximate surface area is 155 Å². The molecule has 0 atom stereocenters. The van der Waals surface area contributed by atoms with Gasteiger partial charge in [-0.1, -0.05) is 12.1 Å². The molecular formula is C17H16FN3O3S2. The third kappa shape index (κ3) is 3.68. The lowest BCUT2D eigenvalue weighted by Gasteiger charge is -2.22. The van der Waals surface area contributed by atoms with Crippen LogP contribution in [0.5, 0.6) is 5.75 Å². The molecule has 0 radical (unpaired) electrons. The van der Waals surface area contributed by atoms with Crippen LogP contribution in [0, 0.1) is 12.7 Å². The van der Waals surface area contributed by atoms with Crippen LogP contribution in [0.4, 0.5) is 10.2 Å². The summed E-state index contributed by atoms with van der Waals surface area (Å²) in [5, 5.41) is 1.41. The molecule has 2 aromatic heterocycles. The zero-order valence-electron chi connectivity index (χ0n) is 14.1. The van der Waals surface area contributed by atoms with Crippen LogP contribution in [0.2, 0.25) is 0 Å². The van der Waals surface area contributed by atoms with E-state index in [4.69, 9.17) is 4.74 Å². The second-order valence-corrected chi connectivity index (χ2v) is 7.95. The van der Waals surface area contributed by atoms with E-state index in [0.29, 0.717) is 5.75 Å². The quantitative estimate of drug-likeness (QED) is 0.642. The van der Waals surface area contributed by atoms with Gasteiger partial charge in [-0.25, -0.2) is 18.7 Å². The number of hydrogen-bond acceptors (Lipinski definition) is 6. The van der Waals surface area contributed by atoms with Crippen LogP contribution >= 0.6 is 11.3 Å². The number of halogens is 1. The van der Waals surface area contributed by atoms with Crippen LogP contribution in [0.15, 0.2) is 52.3 Å². The van der Waals surface area contributed by atoms with Gasteiger partial charge in [-0.15, -0.1) is 11.3 Å². The fraction of sp³-hybridized carbons (Fsp3) is 0.176. The van der Waals surface area contributed by atoms with Crippen LogP contribution in [-0.2, 0) is 16.6 Å². The number of aryl methyl sites for hydroxylation is 1. The molecule has 0 amide bonds. The van der Waals surface area contributed by atoms with Gasteiger partial charge in [0, 0.05) is 5.38 Å². The molecule has 0 unspecified atom stereocenters. The number of rotatable bonds is 6. The average Bonchev–Trinajstić information content (AvgIpc) is 3.16. The summed E-state index contributed by atoms with van der Waals surface area (Å²) in [5.74, 6) is 0.404. The van der Waals surface area contributed by atoms with Gasteiger partial charge < -0.3 is 4.74 Å². The van der Waals surface area contributed by atoms with E-state index in [9.17, 15) is 12.8 Å². The summed E-state index contributed by atoms with van der Waals surface area (Å²) < 4.78 is 46.0. The Kier molecular flexibility index (Phi) is 5.19. The molecule has 3 rings (SSSR count). The highest BCUT2D eigenvalue weighted by atomic mass is 32.2. The van der Waals surface area contributed by atoms with Crippen molar-refractivity contribution in [3.05, 3.63) is 64.4 Å². The lowest BCUT2D eigenvalue weighted by atomic mass is 10.2. The maximum Gasteiger partial charge on any atom is 0.283 e. The molecule has 0 aliphatic rings. The summed E-state index contributed by atoms with van der Waals surface area (Å²) in [6, 6.07) is 9.31. The molecule has 0 saturated heterocycles. The molecule has 0 aliphatic heterocycles. The van der Waals surface area contributed by atoms with Gasteiger partial charge in [0.25, 0.3) is 10.0 Å². The predicted octanol–water partition coefficient (Wildman–Crippen LogP) is 3.39. The molecule has 0 spiro atoms. The molecule has 9 heteroatoms. The van der Waals surface area contributed by atoms with Crippen LogP contribution in [0.3, 0.4) is 0 Å². The zero-order chi connectivity index (χ0) is 18.7. The number of thiazole rings is 1. The maximum atomic E-state index is 13.5. The van der Waals surface area contributed by atoms with Gasteiger partial charge in [-0.3, -0.25) is 0 Å². The minimum absolute atomic E-state index is 0.0220. The number of pyridine rings is 1. The molecule has 3 aromatic rings. The Hall–Kier alpha value is -2.52. The third-order valence-electron chi connectivity index (χ3n) is 3.71. The Morgan fingerprint density at radius 2 is 1.92 bits per heavy atom. The van der Waals surface area contributed by atoms with Crippen molar-refractivity contribution in [2.75, 3.05) is 11.4 Å². The topological polar surface area (TPSA) is 72.4 Å². The van der Waals surface area contributed by atoms with E-state index in [-0.39, 0.29) is 23.1 Å². The van der Waals surface area contributed by atoms with Gasteiger partial charge in [0.2, 0.25) is 0 Å². The van der Waals surface area contributed by atoms with E-state index in [1.54, 1.807) is 42.3 Å². The molecule has 6 nitrogen and oxygen atoms in total. The number of methoxy groups -OCH3 is 1. The minimum atomic E-state index is -4.01. The van der Waals surface area contributed by atoms with Crippen LogP contribution in [0.25, 0.3) is 0 Å². The molecule has 0 N–H and O–H groups in total. The smallest absolute Gasteiger partial charge is 0.283 e. The lowest BCUT2D eigenvalue weighted by Crippen LogP contribution is -2.31. The summed E-state index contributed by atoms with van der Waals surface area (Å²) >= 11 is 1.28. The summed E-state index contributed by atoms with van der Waals surface area (Å²) in [6.45, 7) is 1.49. The van der Waals surface area contributed by atoms with Crippen molar-refractivity contribution >= 4 is 27.2 Å². The predicted molar refractivity (Wildman–Crippen MR) is 97.4 cm³/mol. The molecule has 1 aromatic carbocycles. The first-order valence-electron chi connectivity index (χ1n) is 7.59. The van der Waals surface area contributed by atoms with Crippen molar-refractivity contribution < 1.29 is 17.5 Å². The van der Waals surface area contributed by atoms with Gasteiger partial charge in [0.15, 0.2) is 10.8 Å². The summed E-state index contributed by atoms with van der Waals surface area (Å²) in [5.41, 5.74) is 2.32. The Morgan fingerprint density at radius 1 is 1.19 bits per heavy atom. The Bertz CT molecular complexity index is 991. The molecule has 26 heavy (non-hydrogen) atoms. The molecule has 0 aliphatic carbocycles. The van der Waals surface area contributed by atoms with Gasteiger partial charge in [-0.2, -0.15) is 8.42 Å². The van der Waals surface area contributed by atoms with Crippen molar-refractivity contribution in [2.24, 2.45) is 0 Å². The van der Waals surface area contributed by atoms with Crippen molar-refractivity contribution in [3.8, 4) is 5.75 Å². The molecule has 0 bridgehead atoms. The highest BCUT2D eigenvalue weighted by molar-refractivity contribution is 7.92. The summed E-state index contributed by atoms with van der Waals surface area (Å²) in [4.78, 5) is 8.01. The minimum Gasteiger partial charge on any atom is -0.497 e. The lowest BCUT2D eigenvalue weighted by molar-refractivity contribution is 0.414. The number of benzene rings is 1. The third-order valence-corrected chi connectivity index (χ3v) is 5.94. The fourth-order valence-electron chi connectivity index (χ4n) is 2.29. The normalized spacial score (nSPS) is 11.3. The number of sulfonamides is 1. The number of aromatic nitrogens is 2. The first-order valence-corrected chi connectivity index (χ1v) is 9.97. The van der Waals surface area contributed by atoms with Gasteiger partial charge in [-0.05, 0) is 36.8 Å². The highest BCUT2D eigenvalue weighted by Gasteiger charge is 2.28. The second kappa shape index (κ2) is 7.38. The number of ether oxygens (including phenoxy) is 1. The van der Waals surface area contributed by atoms with E-state index >= 15 is 0 Å². The molecule has 0 saturated carbocycles. The second-order valence-electron chi connectivity index (χ2n) is 5.42. The summed E-state index contributed by atoms with van der Waals surface area (Å²) in [6.07, 6.45) is 0. The Morgan fingerprint density at radius 3 is 2.50 bits per heavy atom. The number of nitrogens with zero attached hydrogens (tertiary/aromatic N) is 3.